The highest BCUT2D eigenvalue weighted by Crippen LogP contribution is 2.21. The van der Waals surface area contributed by atoms with Crippen molar-refractivity contribution in [2.75, 3.05) is 0 Å². The van der Waals surface area contributed by atoms with Gasteiger partial charge in [-0.2, -0.15) is 0 Å². The molecule has 0 bridgehead atoms. The first-order chi connectivity index (χ1) is 11.2. The molecule has 4 nitrogen and oxygen atoms in total. The van der Waals surface area contributed by atoms with Crippen molar-refractivity contribution in [1.82, 2.24) is 10.3 Å². The van der Waals surface area contributed by atoms with Gasteiger partial charge in [-0.1, -0.05) is 36.4 Å². The highest BCUT2D eigenvalue weighted by molar-refractivity contribution is 7.10. The molecule has 0 aliphatic heterocycles. The van der Waals surface area contributed by atoms with E-state index in [2.05, 4.69) is 10.3 Å². The fourth-order valence-corrected chi connectivity index (χ4v) is 3.04. The molecule has 0 spiro atoms. The summed E-state index contributed by atoms with van der Waals surface area (Å²) >= 11 is 1.64. The van der Waals surface area contributed by atoms with Gasteiger partial charge in [0, 0.05) is 23.3 Å². The van der Waals surface area contributed by atoms with Gasteiger partial charge in [-0.15, -0.1) is 11.3 Å². The van der Waals surface area contributed by atoms with Gasteiger partial charge in [-0.05, 0) is 18.4 Å². The number of oxazole rings is 1. The average Bonchev–Trinajstić information content (AvgIpc) is 3.25. The van der Waals surface area contributed by atoms with Gasteiger partial charge in [0.2, 0.25) is 5.91 Å². The number of benzene rings is 1. The summed E-state index contributed by atoms with van der Waals surface area (Å²) in [6.45, 7) is 1.99. The largest absolute Gasteiger partial charge is 0.441 e. The molecule has 1 atom stereocenters. The molecular formula is C18H18N2O2S. The van der Waals surface area contributed by atoms with Crippen LogP contribution < -0.4 is 5.32 Å². The van der Waals surface area contributed by atoms with Gasteiger partial charge < -0.3 is 9.73 Å². The zero-order valence-electron chi connectivity index (χ0n) is 12.9. The van der Waals surface area contributed by atoms with Crippen molar-refractivity contribution < 1.29 is 9.21 Å². The smallest absolute Gasteiger partial charge is 0.221 e. The van der Waals surface area contributed by atoms with Crippen LogP contribution in [0.2, 0.25) is 0 Å². The molecule has 0 aliphatic rings. The fourth-order valence-electron chi connectivity index (χ4n) is 2.30. The predicted octanol–water partition coefficient (Wildman–Crippen LogP) is 4.21. The summed E-state index contributed by atoms with van der Waals surface area (Å²) in [6, 6.07) is 13.9. The van der Waals surface area contributed by atoms with Gasteiger partial charge in [-0.3, -0.25) is 4.79 Å². The van der Waals surface area contributed by atoms with Crippen LogP contribution in [0.15, 0.2) is 58.5 Å². The molecule has 1 aromatic carbocycles. The third-order valence-corrected chi connectivity index (χ3v) is 4.58. The monoisotopic (exact) mass is 326 g/mol. The second kappa shape index (κ2) is 7.24. The number of hydrogen-bond donors (Lipinski definition) is 1. The minimum Gasteiger partial charge on any atom is -0.441 e. The standard InChI is InChI=1S/C18H18N2O2S/c1-13(16-8-5-11-23-16)20-17(21)9-10-18-19-12-15(22-18)14-6-3-2-4-7-14/h2-8,11-13H,9-10H2,1H3,(H,20,21). The van der Waals surface area contributed by atoms with Crippen LogP contribution in [-0.2, 0) is 11.2 Å². The Morgan fingerprint density at radius 3 is 2.83 bits per heavy atom. The van der Waals surface area contributed by atoms with Gasteiger partial charge in [0.15, 0.2) is 11.7 Å². The zero-order chi connectivity index (χ0) is 16.1. The first-order valence-electron chi connectivity index (χ1n) is 7.55. The molecule has 2 aromatic heterocycles. The molecule has 0 radical (unpaired) electrons. The van der Waals surface area contributed by atoms with E-state index in [1.54, 1.807) is 17.5 Å². The number of amides is 1. The Morgan fingerprint density at radius 2 is 2.09 bits per heavy atom. The van der Waals surface area contributed by atoms with Gasteiger partial charge in [-0.25, -0.2) is 4.98 Å². The van der Waals surface area contributed by atoms with E-state index in [0.29, 0.717) is 18.7 Å². The molecule has 3 aromatic rings. The summed E-state index contributed by atoms with van der Waals surface area (Å²) in [5.41, 5.74) is 0.988. The molecule has 2 heterocycles. The maximum absolute atomic E-state index is 12.0. The van der Waals surface area contributed by atoms with Gasteiger partial charge >= 0.3 is 0 Å². The van der Waals surface area contributed by atoms with Crippen LogP contribution in [0.4, 0.5) is 0 Å². The second-order valence-electron chi connectivity index (χ2n) is 5.29. The summed E-state index contributed by atoms with van der Waals surface area (Å²) in [4.78, 5) is 17.4. The molecule has 118 valence electrons. The Kier molecular flexibility index (Phi) is 4.88. The van der Waals surface area contributed by atoms with Crippen LogP contribution >= 0.6 is 11.3 Å². The van der Waals surface area contributed by atoms with Crippen LogP contribution in [0.5, 0.6) is 0 Å². The molecule has 3 rings (SSSR count). The lowest BCUT2D eigenvalue weighted by Gasteiger charge is -2.11. The Hall–Kier alpha value is -2.40. The lowest BCUT2D eigenvalue weighted by molar-refractivity contribution is -0.121. The van der Waals surface area contributed by atoms with Crippen molar-refractivity contribution in [3.8, 4) is 11.3 Å². The van der Waals surface area contributed by atoms with E-state index in [0.717, 1.165) is 16.2 Å². The molecule has 0 fully saturated rings. The average molecular weight is 326 g/mol. The SMILES string of the molecule is CC(NC(=O)CCc1ncc(-c2ccccc2)o1)c1cccs1. The van der Waals surface area contributed by atoms with Crippen LogP contribution in [-0.4, -0.2) is 10.9 Å². The third kappa shape index (κ3) is 4.07. The summed E-state index contributed by atoms with van der Waals surface area (Å²) in [5, 5.41) is 5.00. The quantitative estimate of drug-likeness (QED) is 0.738. The Morgan fingerprint density at radius 1 is 1.26 bits per heavy atom. The molecule has 0 saturated heterocycles. The Balaban J connectivity index is 1.52. The normalized spacial score (nSPS) is 12.0. The number of carbonyl (C=O) groups excluding carboxylic acids is 1. The van der Waals surface area contributed by atoms with Crippen molar-refractivity contribution in [3.05, 3.63) is 64.8 Å². The van der Waals surface area contributed by atoms with E-state index >= 15 is 0 Å². The van der Waals surface area contributed by atoms with E-state index in [9.17, 15) is 4.79 Å². The van der Waals surface area contributed by atoms with Crippen LogP contribution in [0.1, 0.15) is 30.2 Å². The Labute approximate surface area is 139 Å². The number of thiophene rings is 1. The molecule has 0 saturated carbocycles. The van der Waals surface area contributed by atoms with Gasteiger partial charge in [0.25, 0.3) is 0 Å². The lowest BCUT2D eigenvalue weighted by Crippen LogP contribution is -2.26. The molecule has 1 unspecified atom stereocenters. The van der Waals surface area contributed by atoms with Gasteiger partial charge in [0.05, 0.1) is 12.2 Å². The predicted molar refractivity (Wildman–Crippen MR) is 91.1 cm³/mol. The maximum atomic E-state index is 12.0. The van der Waals surface area contributed by atoms with E-state index in [4.69, 9.17) is 4.42 Å². The first kappa shape index (κ1) is 15.5. The molecule has 0 aliphatic carbocycles. The number of nitrogens with zero attached hydrogens (tertiary/aromatic N) is 1. The van der Waals surface area contributed by atoms with Crippen molar-refractivity contribution in [2.45, 2.75) is 25.8 Å². The minimum absolute atomic E-state index is 0.00496. The number of carbonyl (C=O) groups is 1. The third-order valence-electron chi connectivity index (χ3n) is 3.53. The highest BCUT2D eigenvalue weighted by Gasteiger charge is 2.12. The van der Waals surface area contributed by atoms with Crippen molar-refractivity contribution in [1.29, 1.82) is 0 Å². The van der Waals surface area contributed by atoms with E-state index < -0.39 is 0 Å². The minimum atomic E-state index is 0.00496. The number of rotatable bonds is 6. The summed E-state index contributed by atoms with van der Waals surface area (Å²) < 4.78 is 5.71. The van der Waals surface area contributed by atoms with Crippen LogP contribution in [0.3, 0.4) is 0 Å². The summed E-state index contributed by atoms with van der Waals surface area (Å²) in [5.74, 6) is 1.32. The lowest BCUT2D eigenvalue weighted by atomic mass is 10.2. The maximum Gasteiger partial charge on any atom is 0.221 e. The van der Waals surface area contributed by atoms with Crippen molar-refractivity contribution in [2.24, 2.45) is 0 Å². The van der Waals surface area contributed by atoms with Crippen LogP contribution in [0.25, 0.3) is 11.3 Å². The number of aryl methyl sites for hydroxylation is 1. The van der Waals surface area contributed by atoms with Crippen molar-refractivity contribution >= 4 is 17.2 Å². The molecule has 1 amide bonds. The Bertz CT molecular complexity index is 750. The molecule has 23 heavy (non-hydrogen) atoms. The van der Waals surface area contributed by atoms with Gasteiger partial charge in [0.1, 0.15) is 0 Å². The van der Waals surface area contributed by atoms with Crippen LogP contribution in [0, 0.1) is 0 Å². The van der Waals surface area contributed by atoms with E-state index in [-0.39, 0.29) is 11.9 Å². The number of nitrogens with one attached hydrogen (secondary N) is 1. The summed E-state index contributed by atoms with van der Waals surface area (Å²) in [6.07, 6.45) is 2.57. The van der Waals surface area contributed by atoms with Crippen molar-refractivity contribution in [3.63, 3.8) is 0 Å². The number of aromatic nitrogens is 1. The topological polar surface area (TPSA) is 55.1 Å². The zero-order valence-corrected chi connectivity index (χ0v) is 13.7. The van der Waals surface area contributed by atoms with E-state index in [1.807, 2.05) is 54.8 Å². The highest BCUT2D eigenvalue weighted by atomic mass is 32.1. The molecular weight excluding hydrogens is 308 g/mol. The first-order valence-corrected chi connectivity index (χ1v) is 8.43. The second-order valence-corrected chi connectivity index (χ2v) is 6.27. The fraction of sp³-hybridized carbons (Fsp3) is 0.222. The summed E-state index contributed by atoms with van der Waals surface area (Å²) in [7, 11) is 0. The molecule has 1 N–H and O–H groups in total. The molecule has 5 heteroatoms. The van der Waals surface area contributed by atoms with E-state index in [1.165, 1.54) is 0 Å². The number of hydrogen-bond acceptors (Lipinski definition) is 4.